The van der Waals surface area contributed by atoms with Crippen molar-refractivity contribution in [3.8, 4) is 11.5 Å². The zero-order valence-corrected chi connectivity index (χ0v) is 17.4. The van der Waals surface area contributed by atoms with Gasteiger partial charge in [0.1, 0.15) is 0 Å². The molecule has 1 aliphatic rings. The highest BCUT2D eigenvalue weighted by atomic mass is 16.5. The highest BCUT2D eigenvalue weighted by molar-refractivity contribution is 5.94. The Bertz CT molecular complexity index is 639. The van der Waals surface area contributed by atoms with Gasteiger partial charge >= 0.3 is 0 Å². The van der Waals surface area contributed by atoms with E-state index in [4.69, 9.17) is 9.47 Å². The molecule has 2 N–H and O–H groups in total. The predicted molar refractivity (Wildman–Crippen MR) is 110 cm³/mol. The summed E-state index contributed by atoms with van der Waals surface area (Å²) in [4.78, 5) is 24.5. The fraction of sp³-hybridized carbons (Fsp3) is 0.636. The van der Waals surface area contributed by atoms with E-state index in [2.05, 4.69) is 24.5 Å². The molecule has 1 fully saturated rings. The number of ether oxygens (including phenoxy) is 2. The van der Waals surface area contributed by atoms with Gasteiger partial charge in [0, 0.05) is 24.6 Å². The lowest BCUT2D eigenvalue weighted by molar-refractivity contribution is -0.125. The van der Waals surface area contributed by atoms with Crippen LogP contribution in [0.3, 0.4) is 0 Å². The minimum Gasteiger partial charge on any atom is -0.493 e. The molecule has 0 aliphatic heterocycles. The van der Waals surface area contributed by atoms with Gasteiger partial charge in [-0.05, 0) is 43.4 Å². The molecule has 1 aromatic rings. The second-order valence-electron chi connectivity index (χ2n) is 7.78. The van der Waals surface area contributed by atoms with E-state index in [-0.39, 0.29) is 17.7 Å². The fourth-order valence-electron chi connectivity index (χ4n) is 3.31. The molecule has 6 nitrogen and oxygen atoms in total. The normalized spacial score (nSPS) is 14.6. The van der Waals surface area contributed by atoms with Crippen molar-refractivity contribution in [3.05, 3.63) is 23.8 Å². The van der Waals surface area contributed by atoms with Crippen molar-refractivity contribution in [3.63, 3.8) is 0 Å². The van der Waals surface area contributed by atoms with E-state index in [1.165, 1.54) is 6.42 Å². The molecule has 0 radical (unpaired) electrons. The number of carbonyl (C=O) groups is 2. The third kappa shape index (κ3) is 7.06. The van der Waals surface area contributed by atoms with Gasteiger partial charge in [-0.2, -0.15) is 0 Å². The van der Waals surface area contributed by atoms with Crippen LogP contribution in [0.15, 0.2) is 18.2 Å². The van der Waals surface area contributed by atoms with Gasteiger partial charge < -0.3 is 20.1 Å². The number of amides is 2. The van der Waals surface area contributed by atoms with Gasteiger partial charge in [-0.15, -0.1) is 0 Å². The van der Waals surface area contributed by atoms with E-state index in [1.54, 1.807) is 25.3 Å². The number of carbonyl (C=O) groups excluding carboxylic acids is 2. The van der Waals surface area contributed by atoms with Crippen LogP contribution in [0, 0.1) is 11.8 Å². The quantitative estimate of drug-likeness (QED) is 0.599. The molecule has 2 rings (SSSR count). The maximum Gasteiger partial charge on any atom is 0.251 e. The van der Waals surface area contributed by atoms with Crippen molar-refractivity contribution in [2.24, 2.45) is 11.8 Å². The van der Waals surface area contributed by atoms with Gasteiger partial charge in [0.05, 0.1) is 13.7 Å². The zero-order valence-electron chi connectivity index (χ0n) is 17.4. The minimum atomic E-state index is -0.195. The first-order valence-corrected chi connectivity index (χ1v) is 10.4. The molecule has 1 aromatic carbocycles. The molecule has 1 aliphatic carbocycles. The largest absolute Gasteiger partial charge is 0.493 e. The third-order valence-electron chi connectivity index (χ3n) is 5.06. The number of hydrogen-bond acceptors (Lipinski definition) is 4. The van der Waals surface area contributed by atoms with Crippen molar-refractivity contribution < 1.29 is 19.1 Å². The van der Waals surface area contributed by atoms with Gasteiger partial charge in [-0.25, -0.2) is 0 Å². The number of hydrogen-bond donors (Lipinski definition) is 2. The van der Waals surface area contributed by atoms with Crippen molar-refractivity contribution in [1.82, 2.24) is 10.6 Å². The van der Waals surface area contributed by atoms with Crippen LogP contribution < -0.4 is 20.1 Å². The van der Waals surface area contributed by atoms with Crippen LogP contribution in [-0.2, 0) is 4.79 Å². The Morgan fingerprint density at radius 2 is 1.79 bits per heavy atom. The Hall–Kier alpha value is -2.24. The molecule has 0 aromatic heterocycles. The summed E-state index contributed by atoms with van der Waals surface area (Å²) in [5, 5.41) is 5.76. The van der Waals surface area contributed by atoms with Crippen LogP contribution in [0.5, 0.6) is 11.5 Å². The topological polar surface area (TPSA) is 76.7 Å². The van der Waals surface area contributed by atoms with Crippen LogP contribution in [-0.4, -0.2) is 38.6 Å². The molecule has 0 heterocycles. The Balaban J connectivity index is 1.77. The van der Waals surface area contributed by atoms with Gasteiger partial charge in [-0.3, -0.25) is 9.59 Å². The monoisotopic (exact) mass is 390 g/mol. The summed E-state index contributed by atoms with van der Waals surface area (Å²) in [5.74, 6) is 1.80. The lowest BCUT2D eigenvalue weighted by Gasteiger charge is -2.20. The number of nitrogens with one attached hydrogen (secondary N) is 2. The third-order valence-corrected chi connectivity index (χ3v) is 5.06. The van der Waals surface area contributed by atoms with Crippen molar-refractivity contribution in [1.29, 1.82) is 0 Å². The summed E-state index contributed by atoms with van der Waals surface area (Å²) in [6.07, 6.45) is 6.40. The molecule has 0 atom stereocenters. The average molecular weight is 391 g/mol. The molecule has 0 unspecified atom stereocenters. The molecule has 2 amide bonds. The van der Waals surface area contributed by atoms with Crippen molar-refractivity contribution in [2.75, 3.05) is 26.8 Å². The first kappa shape index (κ1) is 22.1. The van der Waals surface area contributed by atoms with E-state index in [1.807, 2.05) is 0 Å². The predicted octanol–water partition coefficient (Wildman–Crippen LogP) is 3.55. The van der Waals surface area contributed by atoms with Gasteiger partial charge in [-0.1, -0.05) is 33.1 Å². The molecular weight excluding hydrogens is 356 g/mol. The average Bonchev–Trinajstić information content (AvgIpc) is 2.71. The maximum absolute atomic E-state index is 12.4. The second-order valence-corrected chi connectivity index (χ2v) is 7.78. The maximum atomic E-state index is 12.4. The number of benzene rings is 1. The molecule has 0 spiro atoms. The molecule has 0 bridgehead atoms. The summed E-state index contributed by atoms with van der Waals surface area (Å²) >= 11 is 0. The van der Waals surface area contributed by atoms with Crippen LogP contribution in [0.4, 0.5) is 0 Å². The lowest BCUT2D eigenvalue weighted by Crippen LogP contribution is -2.38. The first-order valence-electron chi connectivity index (χ1n) is 10.4. The standard InChI is InChI=1S/C22H34N2O4/c1-16(2)11-14-28-19-10-9-18(15-20(19)27-3)22(26)24-13-12-23-21(25)17-7-5-4-6-8-17/h9-10,15-17H,4-8,11-14H2,1-3H3,(H,23,25)(H,24,26). The van der Waals surface area contributed by atoms with Gasteiger partial charge in [0.25, 0.3) is 5.91 Å². The second kappa shape index (κ2) is 11.6. The van der Waals surface area contributed by atoms with E-state index in [9.17, 15) is 9.59 Å². The first-order chi connectivity index (χ1) is 13.5. The van der Waals surface area contributed by atoms with Crippen LogP contribution >= 0.6 is 0 Å². The Morgan fingerprint density at radius 3 is 2.46 bits per heavy atom. The van der Waals surface area contributed by atoms with E-state index in [0.29, 0.717) is 42.7 Å². The fourth-order valence-corrected chi connectivity index (χ4v) is 3.31. The number of rotatable bonds is 10. The van der Waals surface area contributed by atoms with E-state index >= 15 is 0 Å². The van der Waals surface area contributed by atoms with Crippen LogP contribution in [0.25, 0.3) is 0 Å². The Kier molecular flexibility index (Phi) is 9.11. The van der Waals surface area contributed by atoms with Crippen LogP contribution in [0.2, 0.25) is 0 Å². The summed E-state index contributed by atoms with van der Waals surface area (Å²) in [6, 6.07) is 5.17. The minimum absolute atomic E-state index is 0.110. The zero-order chi connectivity index (χ0) is 20.4. The van der Waals surface area contributed by atoms with Gasteiger partial charge in [0.2, 0.25) is 5.91 Å². The van der Waals surface area contributed by atoms with Gasteiger partial charge in [0.15, 0.2) is 11.5 Å². The SMILES string of the molecule is COc1cc(C(=O)NCCNC(=O)C2CCCCC2)ccc1OCCC(C)C. The molecule has 0 saturated heterocycles. The molecule has 1 saturated carbocycles. The summed E-state index contributed by atoms with van der Waals surface area (Å²) in [5.41, 5.74) is 0.506. The molecule has 6 heteroatoms. The summed E-state index contributed by atoms with van der Waals surface area (Å²) < 4.78 is 11.1. The molecular formula is C22H34N2O4. The van der Waals surface area contributed by atoms with E-state index in [0.717, 1.165) is 32.1 Å². The summed E-state index contributed by atoms with van der Waals surface area (Å²) in [6.45, 7) is 5.73. The molecule has 156 valence electrons. The Labute approximate surface area is 168 Å². The van der Waals surface area contributed by atoms with Crippen molar-refractivity contribution >= 4 is 11.8 Å². The smallest absolute Gasteiger partial charge is 0.251 e. The highest BCUT2D eigenvalue weighted by Gasteiger charge is 2.20. The highest BCUT2D eigenvalue weighted by Crippen LogP contribution is 2.28. The lowest BCUT2D eigenvalue weighted by atomic mass is 9.89. The summed E-state index contributed by atoms with van der Waals surface area (Å²) in [7, 11) is 1.56. The van der Waals surface area contributed by atoms with Crippen LogP contribution in [0.1, 0.15) is 62.7 Å². The van der Waals surface area contributed by atoms with Crippen molar-refractivity contribution in [2.45, 2.75) is 52.4 Å². The van der Waals surface area contributed by atoms with E-state index < -0.39 is 0 Å². The number of methoxy groups -OCH3 is 1. The molecule has 28 heavy (non-hydrogen) atoms. The Morgan fingerprint density at radius 1 is 1.07 bits per heavy atom.